The van der Waals surface area contributed by atoms with Crippen molar-refractivity contribution < 1.29 is 0 Å². The molecule has 4 aliphatic carbocycles. The summed E-state index contributed by atoms with van der Waals surface area (Å²) in [6, 6.07) is 0. The van der Waals surface area contributed by atoms with Gasteiger partial charge in [-0.2, -0.15) is 0 Å². The fraction of sp³-hybridized carbons (Fsp3) is 0.667. The zero-order valence-electron chi connectivity index (χ0n) is 7.45. The molecule has 0 heterocycles. The number of allylic oxidation sites excluding steroid dienone is 4. The lowest BCUT2D eigenvalue weighted by Gasteiger charge is -2.46. The molecule has 0 aromatic carbocycles. The first-order valence-corrected chi connectivity index (χ1v) is 5.28. The molecule has 0 aromatic rings. The molecular weight excluding hydrogens is 144 g/mol. The van der Waals surface area contributed by atoms with Gasteiger partial charge in [0.1, 0.15) is 0 Å². The highest BCUT2D eigenvalue weighted by atomic mass is 14.4. The summed E-state index contributed by atoms with van der Waals surface area (Å²) in [7, 11) is 0. The van der Waals surface area contributed by atoms with E-state index in [-0.39, 0.29) is 0 Å². The van der Waals surface area contributed by atoms with Gasteiger partial charge < -0.3 is 0 Å². The third-order valence-electron chi connectivity index (χ3n) is 4.07. The zero-order chi connectivity index (χ0) is 7.97. The van der Waals surface area contributed by atoms with Crippen LogP contribution in [0.3, 0.4) is 0 Å². The number of rotatable bonds is 0. The van der Waals surface area contributed by atoms with Crippen LogP contribution < -0.4 is 0 Å². The van der Waals surface area contributed by atoms with Crippen molar-refractivity contribution in [1.82, 2.24) is 0 Å². The van der Waals surface area contributed by atoms with E-state index in [1.54, 1.807) is 0 Å². The Bertz CT molecular complexity index is 212. The van der Waals surface area contributed by atoms with Crippen LogP contribution in [0.4, 0.5) is 0 Å². The molecule has 0 radical (unpaired) electrons. The van der Waals surface area contributed by atoms with Gasteiger partial charge in [-0.3, -0.25) is 0 Å². The smallest absolute Gasteiger partial charge is 0.0199 e. The van der Waals surface area contributed by atoms with Crippen molar-refractivity contribution in [3.05, 3.63) is 24.3 Å². The van der Waals surface area contributed by atoms with Crippen molar-refractivity contribution in [2.75, 3.05) is 0 Å². The van der Waals surface area contributed by atoms with Crippen molar-refractivity contribution in [1.29, 1.82) is 0 Å². The van der Waals surface area contributed by atoms with Crippen LogP contribution in [-0.4, -0.2) is 0 Å². The Morgan fingerprint density at radius 1 is 0.750 bits per heavy atom. The molecule has 4 rings (SSSR count). The number of hydrogen-bond donors (Lipinski definition) is 0. The van der Waals surface area contributed by atoms with E-state index in [0.717, 1.165) is 23.7 Å². The lowest BCUT2D eigenvalue weighted by Crippen LogP contribution is -2.37. The molecule has 0 aromatic heterocycles. The topological polar surface area (TPSA) is 0 Å². The van der Waals surface area contributed by atoms with Gasteiger partial charge in [0.25, 0.3) is 0 Å². The van der Waals surface area contributed by atoms with Crippen LogP contribution >= 0.6 is 0 Å². The highest BCUT2D eigenvalue weighted by molar-refractivity contribution is 5.13. The summed E-state index contributed by atoms with van der Waals surface area (Å²) in [5.74, 6) is 3.90. The van der Waals surface area contributed by atoms with Gasteiger partial charge in [-0.1, -0.05) is 24.3 Å². The second-order valence-electron chi connectivity index (χ2n) is 4.56. The summed E-state index contributed by atoms with van der Waals surface area (Å²) >= 11 is 0. The quantitative estimate of drug-likeness (QED) is 0.477. The Hall–Kier alpha value is -0.520. The normalized spacial score (nSPS) is 49.3. The number of fused-ring (bicyclic) bond motifs is 1. The molecule has 1 saturated carbocycles. The molecular formula is C12H16. The van der Waals surface area contributed by atoms with E-state index in [9.17, 15) is 0 Å². The largest absolute Gasteiger partial charge is 0.0882 e. The van der Waals surface area contributed by atoms with E-state index < -0.39 is 0 Å². The molecule has 0 nitrogen and oxygen atoms in total. The van der Waals surface area contributed by atoms with Gasteiger partial charge in [-0.15, -0.1) is 0 Å². The molecule has 0 saturated heterocycles. The maximum atomic E-state index is 2.49. The lowest BCUT2D eigenvalue weighted by atomic mass is 9.59. The van der Waals surface area contributed by atoms with E-state index in [0.29, 0.717) is 0 Å². The molecule has 0 heteroatoms. The minimum atomic E-state index is 0.935. The highest BCUT2D eigenvalue weighted by Crippen LogP contribution is 2.49. The third kappa shape index (κ3) is 0.840. The van der Waals surface area contributed by atoms with Crippen molar-refractivity contribution in [2.45, 2.75) is 25.7 Å². The predicted molar refractivity (Wildman–Crippen MR) is 50.7 cm³/mol. The molecule has 4 atom stereocenters. The second kappa shape index (κ2) is 2.48. The summed E-state index contributed by atoms with van der Waals surface area (Å²) in [6.45, 7) is 0. The first-order valence-electron chi connectivity index (χ1n) is 5.28. The molecule has 0 aliphatic heterocycles. The molecule has 64 valence electrons. The van der Waals surface area contributed by atoms with Gasteiger partial charge in [0.2, 0.25) is 0 Å². The van der Waals surface area contributed by atoms with Crippen LogP contribution in [0.5, 0.6) is 0 Å². The first-order chi connectivity index (χ1) is 5.95. The van der Waals surface area contributed by atoms with Crippen molar-refractivity contribution in [3.63, 3.8) is 0 Å². The molecule has 4 aliphatic rings. The monoisotopic (exact) mass is 160 g/mol. The summed E-state index contributed by atoms with van der Waals surface area (Å²) in [5, 5.41) is 0. The Labute approximate surface area is 74.4 Å². The summed E-state index contributed by atoms with van der Waals surface area (Å²) in [6.07, 6.45) is 15.4. The molecule has 0 unspecified atom stereocenters. The van der Waals surface area contributed by atoms with Crippen molar-refractivity contribution in [2.24, 2.45) is 23.7 Å². The SMILES string of the molecule is C1=CC[C@H]2[C@H](C1)[C@@H]1C=C[C@H]2CC1. The summed E-state index contributed by atoms with van der Waals surface area (Å²) in [4.78, 5) is 0. The van der Waals surface area contributed by atoms with E-state index in [2.05, 4.69) is 24.3 Å². The molecule has 0 spiro atoms. The standard InChI is InChI=1S/C12H16/c1-2-4-12-10-7-5-9(6-8-10)11(12)3-1/h1-2,5,7,9-12H,3-4,6,8H2/t9-,10+,11-,12-/m1/s1. The van der Waals surface area contributed by atoms with Gasteiger partial charge in [-0.25, -0.2) is 0 Å². The fourth-order valence-corrected chi connectivity index (χ4v) is 3.42. The summed E-state index contributed by atoms with van der Waals surface area (Å²) in [5.41, 5.74) is 0. The maximum absolute atomic E-state index is 2.49. The Morgan fingerprint density at radius 3 is 1.67 bits per heavy atom. The van der Waals surface area contributed by atoms with Gasteiger partial charge in [0.05, 0.1) is 0 Å². The van der Waals surface area contributed by atoms with Gasteiger partial charge >= 0.3 is 0 Å². The lowest BCUT2D eigenvalue weighted by molar-refractivity contribution is 0.119. The van der Waals surface area contributed by atoms with Crippen LogP contribution in [0.1, 0.15) is 25.7 Å². The average molecular weight is 160 g/mol. The van der Waals surface area contributed by atoms with Crippen molar-refractivity contribution in [3.8, 4) is 0 Å². The molecule has 12 heavy (non-hydrogen) atoms. The van der Waals surface area contributed by atoms with Crippen LogP contribution in [0.2, 0.25) is 0 Å². The van der Waals surface area contributed by atoms with Crippen LogP contribution in [0.25, 0.3) is 0 Å². The second-order valence-corrected chi connectivity index (χ2v) is 4.56. The van der Waals surface area contributed by atoms with Crippen LogP contribution in [0.15, 0.2) is 24.3 Å². The Morgan fingerprint density at radius 2 is 1.25 bits per heavy atom. The van der Waals surface area contributed by atoms with Crippen LogP contribution in [-0.2, 0) is 0 Å². The zero-order valence-corrected chi connectivity index (χ0v) is 7.45. The van der Waals surface area contributed by atoms with Gasteiger partial charge in [0.15, 0.2) is 0 Å². The highest BCUT2D eigenvalue weighted by Gasteiger charge is 2.39. The van der Waals surface area contributed by atoms with Gasteiger partial charge in [0, 0.05) is 0 Å². The van der Waals surface area contributed by atoms with Gasteiger partial charge in [-0.05, 0) is 49.4 Å². The molecule has 0 amide bonds. The Balaban J connectivity index is 1.95. The fourth-order valence-electron chi connectivity index (χ4n) is 3.42. The Kier molecular flexibility index (Phi) is 1.44. The van der Waals surface area contributed by atoms with E-state index in [1.165, 1.54) is 25.7 Å². The maximum Gasteiger partial charge on any atom is -0.0199 e. The molecule has 0 N–H and O–H groups in total. The predicted octanol–water partition coefficient (Wildman–Crippen LogP) is 3.16. The van der Waals surface area contributed by atoms with E-state index in [1.807, 2.05) is 0 Å². The minimum Gasteiger partial charge on any atom is -0.0882 e. The summed E-state index contributed by atoms with van der Waals surface area (Å²) < 4.78 is 0. The van der Waals surface area contributed by atoms with E-state index in [4.69, 9.17) is 0 Å². The minimum absolute atomic E-state index is 0.935. The average Bonchev–Trinajstić information content (AvgIpc) is 2.20. The third-order valence-corrected chi connectivity index (χ3v) is 4.07. The molecule has 2 bridgehead atoms. The number of hydrogen-bond acceptors (Lipinski definition) is 0. The van der Waals surface area contributed by atoms with E-state index >= 15 is 0 Å². The van der Waals surface area contributed by atoms with Crippen LogP contribution in [0, 0.1) is 23.7 Å². The first kappa shape index (κ1) is 6.94. The molecule has 1 fully saturated rings. The van der Waals surface area contributed by atoms with Crippen molar-refractivity contribution >= 4 is 0 Å².